The van der Waals surface area contributed by atoms with Crippen LogP contribution in [-0.2, 0) is 11.4 Å². The van der Waals surface area contributed by atoms with Gasteiger partial charge in [0.25, 0.3) is 5.91 Å². The SMILES string of the molecule is O=C(NC(C(=O)O)C12CC3CC(CC(C3)C1)C2)c1ccc2occc2c1OCc1nc2ccccc2s1. The van der Waals surface area contributed by atoms with E-state index in [0.717, 1.165) is 34.5 Å². The van der Waals surface area contributed by atoms with Gasteiger partial charge in [-0.15, -0.1) is 11.3 Å². The summed E-state index contributed by atoms with van der Waals surface area (Å²) in [6.07, 6.45) is 7.85. The van der Waals surface area contributed by atoms with Gasteiger partial charge in [-0.25, -0.2) is 9.78 Å². The zero-order valence-electron chi connectivity index (χ0n) is 20.3. The van der Waals surface area contributed by atoms with E-state index in [1.54, 1.807) is 35.8 Å². The number of amides is 1. The molecule has 190 valence electrons. The fourth-order valence-electron chi connectivity index (χ4n) is 7.68. The smallest absolute Gasteiger partial charge is 0.326 e. The molecule has 2 N–H and O–H groups in total. The van der Waals surface area contributed by atoms with Gasteiger partial charge in [-0.2, -0.15) is 0 Å². The van der Waals surface area contributed by atoms with Crippen molar-refractivity contribution in [2.75, 3.05) is 0 Å². The van der Waals surface area contributed by atoms with Crippen molar-refractivity contribution < 1.29 is 23.8 Å². The van der Waals surface area contributed by atoms with Gasteiger partial charge in [-0.05, 0) is 86.6 Å². The Morgan fingerprint density at radius 3 is 2.51 bits per heavy atom. The number of aliphatic carboxylic acids is 1. The van der Waals surface area contributed by atoms with Crippen molar-refractivity contribution in [3.8, 4) is 5.75 Å². The molecule has 1 unspecified atom stereocenters. The Morgan fingerprint density at radius 2 is 1.81 bits per heavy atom. The summed E-state index contributed by atoms with van der Waals surface area (Å²) in [5, 5.41) is 14.7. The second kappa shape index (κ2) is 8.58. The van der Waals surface area contributed by atoms with Crippen molar-refractivity contribution >= 4 is 44.4 Å². The zero-order valence-corrected chi connectivity index (χ0v) is 21.1. The van der Waals surface area contributed by atoms with Gasteiger partial charge in [0.2, 0.25) is 0 Å². The number of carbonyl (C=O) groups excluding carboxylic acids is 1. The number of hydrogen-bond donors (Lipinski definition) is 2. The second-order valence-corrected chi connectivity index (χ2v) is 12.3. The molecule has 8 heteroatoms. The maximum Gasteiger partial charge on any atom is 0.326 e. The summed E-state index contributed by atoms with van der Waals surface area (Å²) in [6, 6.07) is 12.2. The number of furan rings is 1. The molecule has 4 bridgehead atoms. The molecule has 2 aromatic heterocycles. The maximum absolute atomic E-state index is 13.7. The van der Waals surface area contributed by atoms with Gasteiger partial charge in [0.05, 0.1) is 27.4 Å². The average molecular weight is 517 g/mol. The first-order chi connectivity index (χ1) is 18.0. The van der Waals surface area contributed by atoms with Crippen LogP contribution in [0.25, 0.3) is 21.2 Å². The standard InChI is InChI=1S/C29H28N2O5S/c32-27(31-26(28(33)34)29-12-16-9-17(13-29)11-18(10-16)14-29)20-5-6-22-19(7-8-35-22)25(20)36-15-24-30-21-3-1-2-4-23(21)37-24/h1-8,16-18,26H,9-15H2,(H,31,32)(H,33,34). The molecule has 0 saturated heterocycles. The van der Waals surface area contributed by atoms with E-state index >= 15 is 0 Å². The maximum atomic E-state index is 13.7. The van der Waals surface area contributed by atoms with E-state index in [-0.39, 0.29) is 12.0 Å². The summed E-state index contributed by atoms with van der Waals surface area (Å²) in [5.41, 5.74) is 1.46. The Bertz CT molecular complexity index is 1450. The van der Waals surface area contributed by atoms with Gasteiger partial charge < -0.3 is 19.6 Å². The largest absolute Gasteiger partial charge is 0.485 e. The Kier molecular flexibility index (Phi) is 5.29. The lowest BCUT2D eigenvalue weighted by Crippen LogP contribution is -2.59. The summed E-state index contributed by atoms with van der Waals surface area (Å²) in [6.45, 7) is 0.196. The monoisotopic (exact) mass is 516 g/mol. The quantitative estimate of drug-likeness (QED) is 0.311. The number of aromatic nitrogens is 1. The second-order valence-electron chi connectivity index (χ2n) is 11.2. The predicted molar refractivity (Wildman–Crippen MR) is 140 cm³/mol. The minimum Gasteiger partial charge on any atom is -0.485 e. The number of thiazole rings is 1. The van der Waals surface area contributed by atoms with Crippen molar-refractivity contribution in [1.29, 1.82) is 0 Å². The van der Waals surface area contributed by atoms with Gasteiger partial charge in [0, 0.05) is 5.41 Å². The minimum absolute atomic E-state index is 0.196. The third-order valence-corrected chi connectivity index (χ3v) is 9.74. The highest BCUT2D eigenvalue weighted by Gasteiger charge is 2.56. The van der Waals surface area contributed by atoms with E-state index in [1.807, 2.05) is 24.3 Å². The van der Waals surface area contributed by atoms with Crippen LogP contribution in [-0.4, -0.2) is 28.0 Å². The first-order valence-corrected chi connectivity index (χ1v) is 13.8. The number of carbonyl (C=O) groups is 2. The molecule has 8 rings (SSSR count). The number of fused-ring (bicyclic) bond motifs is 2. The molecule has 0 spiro atoms. The number of carboxylic acid groups (broad SMARTS) is 1. The Labute approximate surface area is 217 Å². The summed E-state index contributed by atoms with van der Waals surface area (Å²) < 4.78 is 12.8. The number of hydrogen-bond acceptors (Lipinski definition) is 6. The van der Waals surface area contributed by atoms with Crippen LogP contribution >= 0.6 is 11.3 Å². The first-order valence-electron chi connectivity index (χ1n) is 13.0. The Morgan fingerprint density at radius 1 is 1.08 bits per heavy atom. The van der Waals surface area contributed by atoms with Gasteiger partial charge in [0.1, 0.15) is 29.0 Å². The fraction of sp³-hybridized carbons (Fsp3) is 0.414. The van der Waals surface area contributed by atoms with Crippen LogP contribution in [0.15, 0.2) is 53.1 Å². The number of benzene rings is 2. The molecule has 37 heavy (non-hydrogen) atoms. The molecule has 4 aliphatic rings. The van der Waals surface area contributed by atoms with E-state index < -0.39 is 17.9 Å². The lowest BCUT2D eigenvalue weighted by molar-refractivity contribution is -0.150. The molecule has 0 radical (unpaired) electrons. The lowest BCUT2D eigenvalue weighted by Gasteiger charge is -2.58. The molecule has 4 aliphatic carbocycles. The molecule has 4 aromatic rings. The molecular weight excluding hydrogens is 488 g/mol. The average Bonchev–Trinajstić information content (AvgIpc) is 3.51. The molecule has 4 fully saturated rings. The van der Waals surface area contributed by atoms with Gasteiger partial charge >= 0.3 is 5.97 Å². The van der Waals surface area contributed by atoms with Crippen molar-refractivity contribution in [2.24, 2.45) is 23.2 Å². The van der Waals surface area contributed by atoms with Crippen molar-refractivity contribution in [2.45, 2.75) is 51.2 Å². The number of ether oxygens (including phenoxy) is 1. The third kappa shape index (κ3) is 3.89. The van der Waals surface area contributed by atoms with Crippen LogP contribution in [0.5, 0.6) is 5.75 Å². The first kappa shape index (κ1) is 22.8. The fourth-order valence-corrected chi connectivity index (χ4v) is 8.56. The molecule has 0 aliphatic heterocycles. The molecule has 2 aromatic carbocycles. The van der Waals surface area contributed by atoms with E-state index in [2.05, 4.69) is 10.3 Å². The highest BCUT2D eigenvalue weighted by molar-refractivity contribution is 7.18. The van der Waals surface area contributed by atoms with Crippen molar-refractivity contribution in [3.05, 3.63) is 59.3 Å². The van der Waals surface area contributed by atoms with Crippen LogP contribution in [0.3, 0.4) is 0 Å². The van der Waals surface area contributed by atoms with Gasteiger partial charge in [-0.3, -0.25) is 4.79 Å². The number of rotatable bonds is 7. The van der Waals surface area contributed by atoms with Crippen LogP contribution in [0.1, 0.15) is 53.9 Å². The molecule has 7 nitrogen and oxygen atoms in total. The van der Waals surface area contributed by atoms with Crippen LogP contribution in [0.4, 0.5) is 0 Å². The lowest BCUT2D eigenvalue weighted by atomic mass is 9.47. The van der Waals surface area contributed by atoms with Gasteiger partial charge in [0.15, 0.2) is 0 Å². The molecule has 1 amide bonds. The van der Waals surface area contributed by atoms with Crippen LogP contribution in [0, 0.1) is 23.2 Å². The van der Waals surface area contributed by atoms with E-state index in [4.69, 9.17) is 9.15 Å². The third-order valence-electron chi connectivity index (χ3n) is 8.73. The van der Waals surface area contributed by atoms with E-state index in [1.165, 1.54) is 19.3 Å². The topological polar surface area (TPSA) is 102 Å². The van der Waals surface area contributed by atoms with Crippen molar-refractivity contribution in [3.63, 3.8) is 0 Å². The predicted octanol–water partition coefficient (Wildman–Crippen LogP) is 6.02. The summed E-state index contributed by atoms with van der Waals surface area (Å²) in [7, 11) is 0. The number of nitrogens with zero attached hydrogens (tertiary/aromatic N) is 1. The zero-order chi connectivity index (χ0) is 25.1. The summed E-state index contributed by atoms with van der Waals surface area (Å²) in [4.78, 5) is 30.9. The summed E-state index contributed by atoms with van der Waals surface area (Å²) in [5.74, 6) is 0.764. The van der Waals surface area contributed by atoms with E-state index in [9.17, 15) is 14.7 Å². The highest BCUT2D eigenvalue weighted by atomic mass is 32.1. The minimum atomic E-state index is -0.948. The van der Waals surface area contributed by atoms with E-state index in [0.29, 0.717) is 40.0 Å². The number of nitrogens with one attached hydrogen (secondary N) is 1. The molecular formula is C29H28N2O5S. The normalized spacial score (nSPS) is 27.0. The Balaban J connectivity index is 1.19. The Hall–Kier alpha value is -3.39. The number of para-hydroxylation sites is 1. The molecule has 1 atom stereocenters. The highest BCUT2D eigenvalue weighted by Crippen LogP contribution is 2.61. The van der Waals surface area contributed by atoms with Crippen molar-refractivity contribution in [1.82, 2.24) is 10.3 Å². The molecule has 2 heterocycles. The van der Waals surface area contributed by atoms with Crippen LogP contribution in [0.2, 0.25) is 0 Å². The summed E-state index contributed by atoms with van der Waals surface area (Å²) >= 11 is 1.55. The van der Waals surface area contributed by atoms with Gasteiger partial charge in [-0.1, -0.05) is 12.1 Å². The number of carboxylic acids is 1. The van der Waals surface area contributed by atoms with Crippen LogP contribution < -0.4 is 10.1 Å². The molecule has 4 saturated carbocycles.